The number of hydrogen-bond donors (Lipinski definition) is 1. The number of aliphatic carboxylic acids is 1. The summed E-state index contributed by atoms with van der Waals surface area (Å²) in [5, 5.41) is 20.1. The van der Waals surface area contributed by atoms with Crippen LogP contribution in [0.4, 0.5) is 5.69 Å². The summed E-state index contributed by atoms with van der Waals surface area (Å²) >= 11 is 0. The summed E-state index contributed by atoms with van der Waals surface area (Å²) in [5.74, 6) is -0.227. The van der Waals surface area contributed by atoms with Crippen molar-refractivity contribution < 1.29 is 19.6 Å². The van der Waals surface area contributed by atoms with Crippen molar-refractivity contribution in [3.05, 3.63) is 40.0 Å². The van der Waals surface area contributed by atoms with Gasteiger partial charge in [-0.3, -0.25) is 24.7 Å². The molecule has 2 atom stereocenters. The molecule has 0 radical (unpaired) electrons. The van der Waals surface area contributed by atoms with Crippen LogP contribution in [-0.4, -0.2) is 70.7 Å². The molecule has 0 spiro atoms. The third-order valence-electron chi connectivity index (χ3n) is 4.91. The van der Waals surface area contributed by atoms with Crippen molar-refractivity contribution in [2.45, 2.75) is 32.9 Å². The lowest BCUT2D eigenvalue weighted by Gasteiger charge is -2.43. The van der Waals surface area contributed by atoms with E-state index in [4.69, 9.17) is 9.84 Å². The van der Waals surface area contributed by atoms with E-state index in [1.54, 1.807) is 19.1 Å². The van der Waals surface area contributed by atoms with E-state index in [2.05, 4.69) is 11.5 Å². The second-order valence-electron chi connectivity index (χ2n) is 7.01. The maximum Gasteiger partial charge on any atom is 0.317 e. The summed E-state index contributed by atoms with van der Waals surface area (Å²) in [6, 6.07) is 3.45. The van der Waals surface area contributed by atoms with E-state index in [0.29, 0.717) is 30.0 Å². The minimum absolute atomic E-state index is 0.0504. The normalized spacial score (nSPS) is 21.0. The zero-order valence-electron chi connectivity index (χ0n) is 16.1. The zero-order valence-corrected chi connectivity index (χ0v) is 16.1. The summed E-state index contributed by atoms with van der Waals surface area (Å²) < 4.78 is 5.86. The summed E-state index contributed by atoms with van der Waals surface area (Å²) in [4.78, 5) is 25.9. The molecule has 0 aliphatic carbocycles. The highest BCUT2D eigenvalue weighted by Gasteiger charge is 2.30. The third kappa shape index (κ3) is 5.27. The molecule has 0 aromatic heterocycles. The Bertz CT molecular complexity index is 710. The van der Waals surface area contributed by atoms with E-state index < -0.39 is 10.9 Å². The molecule has 1 fully saturated rings. The first-order chi connectivity index (χ1) is 12.7. The van der Waals surface area contributed by atoms with Gasteiger partial charge in [-0.05, 0) is 26.8 Å². The monoisotopic (exact) mass is 377 g/mol. The van der Waals surface area contributed by atoms with Gasteiger partial charge in [0.1, 0.15) is 12.4 Å². The molecule has 1 aliphatic rings. The van der Waals surface area contributed by atoms with Gasteiger partial charge in [0.15, 0.2) is 0 Å². The molecular formula is C19H27N3O5. The molecule has 0 bridgehead atoms. The van der Waals surface area contributed by atoms with E-state index in [1.807, 2.05) is 18.7 Å². The van der Waals surface area contributed by atoms with Gasteiger partial charge in [0.2, 0.25) is 0 Å². The molecule has 0 unspecified atom stereocenters. The highest BCUT2D eigenvalue weighted by Crippen LogP contribution is 2.29. The van der Waals surface area contributed by atoms with Crippen LogP contribution in [0, 0.1) is 17.0 Å². The lowest BCUT2D eigenvalue weighted by molar-refractivity contribution is -0.385. The van der Waals surface area contributed by atoms with E-state index in [0.717, 1.165) is 13.1 Å². The smallest absolute Gasteiger partial charge is 0.317 e. The Hall–Kier alpha value is -2.45. The fraction of sp³-hybridized carbons (Fsp3) is 0.526. The van der Waals surface area contributed by atoms with Crippen molar-refractivity contribution in [3.63, 3.8) is 0 Å². The van der Waals surface area contributed by atoms with Crippen molar-refractivity contribution in [1.82, 2.24) is 9.80 Å². The molecule has 8 heteroatoms. The molecule has 1 aromatic carbocycles. The summed E-state index contributed by atoms with van der Waals surface area (Å²) in [5.41, 5.74) is 1.19. The number of ether oxygens (including phenoxy) is 1. The van der Waals surface area contributed by atoms with Gasteiger partial charge in [-0.2, -0.15) is 0 Å². The van der Waals surface area contributed by atoms with Crippen LogP contribution in [0.25, 0.3) is 6.08 Å². The molecule has 0 saturated carbocycles. The molecule has 27 heavy (non-hydrogen) atoms. The number of nitrogens with zero attached hydrogens (tertiary/aromatic N) is 3. The SMILES string of the molecule is C=Cc1cc([N+](=O)[O-])c(C)cc1OCCN1C[C@@H](C)N(CC(=O)O)[C@@H](C)C1. The van der Waals surface area contributed by atoms with Crippen molar-refractivity contribution in [3.8, 4) is 5.75 Å². The number of piperazine rings is 1. The predicted molar refractivity (Wildman–Crippen MR) is 103 cm³/mol. The molecule has 1 aromatic rings. The molecule has 148 valence electrons. The average molecular weight is 377 g/mol. The lowest BCUT2D eigenvalue weighted by Crippen LogP contribution is -2.58. The van der Waals surface area contributed by atoms with Gasteiger partial charge in [0.25, 0.3) is 5.69 Å². The van der Waals surface area contributed by atoms with Gasteiger partial charge >= 0.3 is 5.97 Å². The van der Waals surface area contributed by atoms with Gasteiger partial charge in [-0.25, -0.2) is 0 Å². The number of rotatable bonds is 8. The van der Waals surface area contributed by atoms with Crippen molar-refractivity contribution in [2.24, 2.45) is 0 Å². The van der Waals surface area contributed by atoms with Crippen LogP contribution in [-0.2, 0) is 4.79 Å². The first kappa shape index (κ1) is 20.9. The second kappa shape index (κ2) is 8.96. The minimum atomic E-state index is -0.809. The fourth-order valence-corrected chi connectivity index (χ4v) is 3.57. The quantitative estimate of drug-likeness (QED) is 0.549. The molecule has 2 rings (SSSR count). The zero-order chi connectivity index (χ0) is 20.1. The number of benzene rings is 1. The highest BCUT2D eigenvalue weighted by molar-refractivity contribution is 5.69. The average Bonchev–Trinajstić information content (AvgIpc) is 2.58. The summed E-state index contributed by atoms with van der Waals surface area (Å²) in [6.45, 7) is 12.2. The van der Waals surface area contributed by atoms with Gasteiger partial charge in [-0.15, -0.1) is 0 Å². The fourth-order valence-electron chi connectivity index (χ4n) is 3.57. The Morgan fingerprint density at radius 3 is 2.56 bits per heavy atom. The molecule has 1 saturated heterocycles. The van der Waals surface area contributed by atoms with Crippen LogP contribution in [0.5, 0.6) is 5.75 Å². The molecule has 0 amide bonds. The Kier molecular flexibility index (Phi) is 6.92. The van der Waals surface area contributed by atoms with Gasteiger partial charge in [0.05, 0.1) is 11.5 Å². The lowest BCUT2D eigenvalue weighted by atomic mass is 10.1. The molecule has 1 N–H and O–H groups in total. The largest absolute Gasteiger partial charge is 0.492 e. The van der Waals surface area contributed by atoms with Crippen molar-refractivity contribution in [1.29, 1.82) is 0 Å². The first-order valence-corrected chi connectivity index (χ1v) is 8.97. The van der Waals surface area contributed by atoms with Crippen molar-refractivity contribution in [2.75, 3.05) is 32.8 Å². The Balaban J connectivity index is 1.95. The van der Waals surface area contributed by atoms with Gasteiger partial charge < -0.3 is 9.84 Å². The number of carboxylic acid groups (broad SMARTS) is 1. The Morgan fingerprint density at radius 1 is 1.41 bits per heavy atom. The van der Waals surface area contributed by atoms with Gasteiger partial charge in [-0.1, -0.05) is 12.7 Å². The number of hydrogen-bond acceptors (Lipinski definition) is 6. The number of aryl methyl sites for hydroxylation is 1. The number of carbonyl (C=O) groups is 1. The Labute approximate surface area is 159 Å². The van der Waals surface area contributed by atoms with Crippen molar-refractivity contribution >= 4 is 17.7 Å². The number of carboxylic acids is 1. The highest BCUT2D eigenvalue weighted by atomic mass is 16.6. The van der Waals surface area contributed by atoms with E-state index in [9.17, 15) is 14.9 Å². The topological polar surface area (TPSA) is 96.2 Å². The standard InChI is InChI=1S/C19H27N3O5/c1-5-16-9-17(22(25)26)13(2)8-18(16)27-7-6-20-10-14(3)21(12-19(23)24)15(4)11-20/h5,8-9,14-15H,1,6-7,10-12H2,2-4H3,(H,23,24)/t14-,15+. The van der Waals surface area contributed by atoms with E-state index in [-0.39, 0.29) is 24.3 Å². The van der Waals surface area contributed by atoms with E-state index in [1.165, 1.54) is 6.07 Å². The summed E-state index contributed by atoms with van der Waals surface area (Å²) in [7, 11) is 0. The maximum absolute atomic E-state index is 11.1. The molecule has 1 aliphatic heterocycles. The molecule has 8 nitrogen and oxygen atoms in total. The van der Waals surface area contributed by atoms with Crippen LogP contribution < -0.4 is 4.74 Å². The Morgan fingerprint density at radius 2 is 2.04 bits per heavy atom. The minimum Gasteiger partial charge on any atom is -0.492 e. The number of nitro benzene ring substituents is 1. The van der Waals surface area contributed by atoms with Crippen LogP contribution >= 0.6 is 0 Å². The third-order valence-corrected chi connectivity index (χ3v) is 4.91. The first-order valence-electron chi connectivity index (χ1n) is 8.97. The molecule has 1 heterocycles. The maximum atomic E-state index is 11.1. The van der Waals surface area contributed by atoms with Crippen LogP contribution in [0.15, 0.2) is 18.7 Å². The van der Waals surface area contributed by atoms with Crippen LogP contribution in [0.2, 0.25) is 0 Å². The summed E-state index contributed by atoms with van der Waals surface area (Å²) in [6.07, 6.45) is 1.55. The van der Waals surface area contributed by atoms with E-state index >= 15 is 0 Å². The second-order valence-corrected chi connectivity index (χ2v) is 7.01. The van der Waals surface area contributed by atoms with Crippen LogP contribution in [0.3, 0.4) is 0 Å². The van der Waals surface area contributed by atoms with Crippen LogP contribution in [0.1, 0.15) is 25.0 Å². The predicted octanol–water partition coefficient (Wildman–Crippen LogP) is 2.40. The number of nitro groups is 1. The van der Waals surface area contributed by atoms with Gasteiger partial charge in [0, 0.05) is 48.9 Å². The molecular weight excluding hydrogens is 350 g/mol.